The maximum absolute atomic E-state index is 14.0. The Balaban J connectivity index is 0.00000264. The van der Waals surface area contributed by atoms with Crippen molar-refractivity contribution in [3.05, 3.63) is 34.1 Å². The van der Waals surface area contributed by atoms with Crippen LogP contribution in [0.3, 0.4) is 0 Å². The third kappa shape index (κ3) is 3.63. The van der Waals surface area contributed by atoms with Gasteiger partial charge >= 0.3 is 0 Å². The van der Waals surface area contributed by atoms with Crippen LogP contribution in [0.25, 0.3) is 0 Å². The Morgan fingerprint density at radius 3 is 2.57 bits per heavy atom. The first-order valence-electron chi connectivity index (χ1n) is 6.76. The molecule has 130 valence electrons. The summed E-state index contributed by atoms with van der Waals surface area (Å²) in [7, 11) is -4.30. The first-order chi connectivity index (χ1) is 10.1. The molecule has 1 aliphatic rings. The minimum absolute atomic E-state index is 0. The van der Waals surface area contributed by atoms with Crippen LogP contribution in [0.1, 0.15) is 20.3 Å². The van der Waals surface area contributed by atoms with E-state index in [0.717, 1.165) is 22.5 Å². The van der Waals surface area contributed by atoms with Gasteiger partial charge in [0.05, 0.1) is 4.92 Å². The van der Waals surface area contributed by atoms with Crippen LogP contribution < -0.4 is 5.73 Å². The molecule has 0 bridgehead atoms. The fraction of sp³-hybridized carbons (Fsp3) is 0.538. The van der Waals surface area contributed by atoms with Gasteiger partial charge in [-0.1, -0.05) is 19.9 Å². The van der Waals surface area contributed by atoms with Crippen LogP contribution in [-0.2, 0) is 10.0 Å². The van der Waals surface area contributed by atoms with E-state index in [4.69, 9.17) is 5.73 Å². The Bertz CT molecular complexity index is 711. The predicted molar refractivity (Wildman–Crippen MR) is 85.4 cm³/mol. The lowest BCUT2D eigenvalue weighted by Crippen LogP contribution is -2.54. The van der Waals surface area contributed by atoms with Crippen LogP contribution in [0.5, 0.6) is 0 Å². The minimum Gasteiger partial charge on any atom is -0.327 e. The number of piperidine rings is 1. The summed E-state index contributed by atoms with van der Waals surface area (Å²) >= 11 is 0. The van der Waals surface area contributed by atoms with E-state index in [1.807, 2.05) is 13.8 Å². The number of hydrogen-bond donors (Lipinski definition) is 1. The van der Waals surface area contributed by atoms with Crippen LogP contribution in [0.15, 0.2) is 23.1 Å². The average molecular weight is 368 g/mol. The van der Waals surface area contributed by atoms with Gasteiger partial charge in [-0.2, -0.15) is 4.31 Å². The maximum Gasteiger partial charge on any atom is 0.292 e. The van der Waals surface area contributed by atoms with Crippen LogP contribution >= 0.6 is 12.4 Å². The molecule has 23 heavy (non-hydrogen) atoms. The SMILES string of the molecule is CC1(C)CN(S(=O)(=O)c2c(F)cccc2[N+](=O)[O-])CCC1N.Cl. The number of hydrogen-bond acceptors (Lipinski definition) is 5. The van der Waals surface area contributed by atoms with E-state index in [9.17, 15) is 22.9 Å². The second-order valence-electron chi connectivity index (χ2n) is 6.07. The highest BCUT2D eigenvalue weighted by Crippen LogP contribution is 2.34. The van der Waals surface area contributed by atoms with E-state index >= 15 is 0 Å². The molecule has 0 saturated carbocycles. The van der Waals surface area contributed by atoms with Gasteiger partial charge in [0.15, 0.2) is 4.90 Å². The molecule has 0 amide bonds. The monoisotopic (exact) mass is 367 g/mol. The van der Waals surface area contributed by atoms with Crippen molar-refractivity contribution in [1.82, 2.24) is 4.31 Å². The topological polar surface area (TPSA) is 107 Å². The van der Waals surface area contributed by atoms with Crippen molar-refractivity contribution in [2.75, 3.05) is 13.1 Å². The van der Waals surface area contributed by atoms with Crippen molar-refractivity contribution in [3.8, 4) is 0 Å². The lowest BCUT2D eigenvalue weighted by Gasteiger charge is -2.41. The van der Waals surface area contributed by atoms with Crippen molar-refractivity contribution in [1.29, 1.82) is 0 Å². The summed E-state index contributed by atoms with van der Waals surface area (Å²) in [6, 6.07) is 2.81. The highest BCUT2D eigenvalue weighted by Gasteiger charge is 2.42. The summed E-state index contributed by atoms with van der Waals surface area (Å²) < 4.78 is 40.4. The molecular weight excluding hydrogens is 349 g/mol. The van der Waals surface area contributed by atoms with Gasteiger partial charge in [-0.05, 0) is 17.9 Å². The molecule has 2 rings (SSSR count). The molecule has 1 aromatic rings. The van der Waals surface area contributed by atoms with E-state index in [2.05, 4.69) is 0 Å². The number of sulfonamides is 1. The molecule has 1 atom stereocenters. The number of halogens is 2. The van der Waals surface area contributed by atoms with Gasteiger partial charge in [-0.3, -0.25) is 10.1 Å². The third-order valence-corrected chi connectivity index (χ3v) is 5.93. The molecule has 1 saturated heterocycles. The molecule has 1 aromatic carbocycles. The van der Waals surface area contributed by atoms with Gasteiger partial charge in [-0.15, -0.1) is 12.4 Å². The number of nitro groups is 1. The second kappa shape index (κ2) is 6.68. The van der Waals surface area contributed by atoms with Crippen molar-refractivity contribution in [3.63, 3.8) is 0 Å². The Morgan fingerprint density at radius 2 is 2.04 bits per heavy atom. The molecule has 0 aliphatic carbocycles. The van der Waals surface area contributed by atoms with Crippen LogP contribution in [0, 0.1) is 21.3 Å². The molecule has 1 heterocycles. The Hall–Kier alpha value is -1.29. The van der Waals surface area contributed by atoms with Gasteiger partial charge < -0.3 is 5.73 Å². The Kier molecular flexibility index (Phi) is 5.74. The van der Waals surface area contributed by atoms with Gasteiger partial charge in [0.1, 0.15) is 5.82 Å². The molecule has 0 aromatic heterocycles. The van der Waals surface area contributed by atoms with E-state index in [0.29, 0.717) is 6.42 Å². The van der Waals surface area contributed by atoms with E-state index in [-0.39, 0.29) is 31.5 Å². The van der Waals surface area contributed by atoms with Crippen molar-refractivity contribution >= 4 is 28.1 Å². The lowest BCUT2D eigenvalue weighted by atomic mass is 9.81. The maximum atomic E-state index is 14.0. The van der Waals surface area contributed by atoms with Gasteiger partial charge in [0.2, 0.25) is 0 Å². The standard InChI is InChI=1S/C13H18FN3O4S.ClH/c1-13(2)8-16(7-6-11(13)15)22(20,21)12-9(14)4-3-5-10(12)17(18)19;/h3-5,11H,6-8,15H2,1-2H3;1H. The predicted octanol–water partition coefficient (Wildman–Crippen LogP) is 1.90. The minimum atomic E-state index is -4.30. The average Bonchev–Trinajstić information content (AvgIpc) is 2.40. The number of benzene rings is 1. The highest BCUT2D eigenvalue weighted by atomic mass is 35.5. The molecule has 0 spiro atoms. The zero-order chi connectivity index (χ0) is 16.7. The molecule has 0 radical (unpaired) electrons. The van der Waals surface area contributed by atoms with E-state index in [1.165, 1.54) is 0 Å². The zero-order valence-electron chi connectivity index (χ0n) is 12.7. The number of rotatable bonds is 3. The van der Waals surface area contributed by atoms with Gasteiger partial charge in [-0.25, -0.2) is 12.8 Å². The summed E-state index contributed by atoms with van der Waals surface area (Å²) in [5, 5.41) is 11.0. The van der Waals surface area contributed by atoms with Crippen LogP contribution in [0.2, 0.25) is 0 Å². The van der Waals surface area contributed by atoms with E-state index < -0.39 is 36.8 Å². The fourth-order valence-electron chi connectivity index (χ4n) is 2.56. The summed E-state index contributed by atoms with van der Waals surface area (Å²) in [6.07, 6.45) is 0.411. The zero-order valence-corrected chi connectivity index (χ0v) is 14.4. The summed E-state index contributed by atoms with van der Waals surface area (Å²) in [6.45, 7) is 3.82. The fourth-order valence-corrected chi connectivity index (χ4v) is 4.38. The molecule has 1 aliphatic heterocycles. The number of nitrogens with two attached hydrogens (primary N) is 1. The lowest BCUT2D eigenvalue weighted by molar-refractivity contribution is -0.388. The molecule has 10 heteroatoms. The highest BCUT2D eigenvalue weighted by molar-refractivity contribution is 7.89. The first kappa shape index (κ1) is 19.8. The van der Waals surface area contributed by atoms with Crippen LogP contribution in [-0.4, -0.2) is 36.8 Å². The molecule has 1 unspecified atom stereocenters. The normalized spacial score (nSPS) is 21.5. The summed E-state index contributed by atoms with van der Waals surface area (Å²) in [4.78, 5) is 9.24. The van der Waals surface area contributed by atoms with Gasteiger partial charge in [0.25, 0.3) is 15.7 Å². The quantitative estimate of drug-likeness (QED) is 0.648. The van der Waals surface area contributed by atoms with Crippen molar-refractivity contribution in [2.24, 2.45) is 11.1 Å². The second-order valence-corrected chi connectivity index (χ2v) is 7.94. The molecule has 7 nitrogen and oxygen atoms in total. The number of nitrogens with zero attached hydrogens (tertiary/aromatic N) is 2. The smallest absolute Gasteiger partial charge is 0.292 e. The molecule has 1 fully saturated rings. The van der Waals surface area contributed by atoms with E-state index in [1.54, 1.807) is 0 Å². The molecule has 2 N–H and O–H groups in total. The third-order valence-electron chi connectivity index (χ3n) is 4.02. The summed E-state index contributed by atoms with van der Waals surface area (Å²) in [5.74, 6) is -1.12. The van der Waals surface area contributed by atoms with Crippen molar-refractivity contribution < 1.29 is 17.7 Å². The number of nitro benzene ring substituents is 1. The van der Waals surface area contributed by atoms with Gasteiger partial charge in [0, 0.05) is 25.2 Å². The Labute approximate surface area is 140 Å². The van der Waals surface area contributed by atoms with Crippen LogP contribution in [0.4, 0.5) is 10.1 Å². The first-order valence-corrected chi connectivity index (χ1v) is 8.20. The molecular formula is C13H19ClFN3O4S. The Morgan fingerprint density at radius 1 is 1.43 bits per heavy atom. The summed E-state index contributed by atoms with van der Waals surface area (Å²) in [5.41, 5.74) is 4.71. The van der Waals surface area contributed by atoms with Crippen molar-refractivity contribution in [2.45, 2.75) is 31.2 Å². The largest absolute Gasteiger partial charge is 0.327 e.